The molecule has 3 rings (SSSR count). The number of nitrogens with one attached hydrogen (secondary N) is 2. The summed E-state index contributed by atoms with van der Waals surface area (Å²) in [7, 11) is 0. The van der Waals surface area contributed by atoms with E-state index in [0.717, 1.165) is 37.8 Å². The second-order valence-corrected chi connectivity index (χ2v) is 9.41. The number of amides is 2. The number of aliphatic carboxylic acids is 1. The Balaban J connectivity index is 1.87. The molecule has 174 valence electrons. The summed E-state index contributed by atoms with van der Waals surface area (Å²) < 4.78 is 2.14. The van der Waals surface area contributed by atoms with E-state index in [1.807, 2.05) is 26.0 Å². The van der Waals surface area contributed by atoms with Crippen LogP contribution in [0, 0.1) is 11.8 Å². The number of hydrogen-bond acceptors (Lipinski definition) is 3. The van der Waals surface area contributed by atoms with Crippen LogP contribution in [0.1, 0.15) is 76.7 Å². The Labute approximate surface area is 190 Å². The molecular weight excluding hydrogens is 406 g/mol. The summed E-state index contributed by atoms with van der Waals surface area (Å²) in [6.45, 7) is 4.69. The second kappa shape index (κ2) is 11.2. The van der Waals surface area contributed by atoms with Crippen LogP contribution in [0.25, 0.3) is 0 Å². The first-order chi connectivity index (χ1) is 15.3. The first-order valence-electron chi connectivity index (χ1n) is 11.9. The van der Waals surface area contributed by atoms with Crippen molar-refractivity contribution in [1.82, 2.24) is 10.6 Å². The number of nitrogens with zero attached hydrogens (tertiary/aromatic N) is 1. The third kappa shape index (κ3) is 6.40. The minimum Gasteiger partial charge on any atom is -0.481 e. The minimum atomic E-state index is -0.948. The average Bonchev–Trinajstić information content (AvgIpc) is 3.11. The van der Waals surface area contributed by atoms with E-state index >= 15 is 0 Å². The van der Waals surface area contributed by atoms with Gasteiger partial charge in [-0.15, -0.1) is 0 Å². The van der Waals surface area contributed by atoms with Crippen molar-refractivity contribution in [2.45, 2.75) is 77.3 Å². The SMILES string of the molecule is CC(C)C[C@H](CC(=O)O)C(=O)NC1CCCCCNC(=O)CCC2C=[N+]1c1ccccc12. The van der Waals surface area contributed by atoms with Crippen molar-refractivity contribution in [2.24, 2.45) is 11.8 Å². The fourth-order valence-electron chi connectivity index (χ4n) is 4.76. The monoisotopic (exact) mass is 442 g/mol. The van der Waals surface area contributed by atoms with Gasteiger partial charge in [-0.1, -0.05) is 38.5 Å². The molecule has 0 aromatic heterocycles. The smallest absolute Gasteiger partial charge is 0.304 e. The van der Waals surface area contributed by atoms with Gasteiger partial charge in [0.2, 0.25) is 23.7 Å². The highest BCUT2D eigenvalue weighted by Gasteiger charge is 2.37. The number of carbonyl (C=O) groups excluding carboxylic acids is 2. The molecule has 0 saturated carbocycles. The molecular formula is C25H36N3O4+. The standard InChI is InChI=1S/C25H35N3O4/c1-17(2)14-19(15-24(30)31)25(32)27-22-10-4-3-7-13-26-23(29)12-11-18-16-28(22)21-9-6-5-8-20(18)21/h5-6,8-9,16-19,22H,3-4,7,10-15H2,1-2H3,(H2-,26,27,29,30,31,32)/p+1/t18?,19-,22?/m1/s1. The summed E-state index contributed by atoms with van der Waals surface area (Å²) in [5, 5.41) is 15.5. The van der Waals surface area contributed by atoms with E-state index in [-0.39, 0.29) is 36.2 Å². The van der Waals surface area contributed by atoms with Gasteiger partial charge < -0.3 is 10.4 Å². The molecule has 2 aliphatic heterocycles. The molecule has 7 heteroatoms. The lowest BCUT2D eigenvalue weighted by molar-refractivity contribution is -0.485. The zero-order chi connectivity index (χ0) is 23.1. The highest BCUT2D eigenvalue weighted by Crippen LogP contribution is 2.36. The zero-order valence-electron chi connectivity index (χ0n) is 19.2. The number of para-hydroxylation sites is 1. The van der Waals surface area contributed by atoms with Crippen molar-refractivity contribution in [1.29, 1.82) is 0 Å². The third-order valence-electron chi connectivity index (χ3n) is 6.31. The zero-order valence-corrected chi connectivity index (χ0v) is 19.2. The van der Waals surface area contributed by atoms with Crippen LogP contribution in [-0.2, 0) is 14.4 Å². The van der Waals surface area contributed by atoms with Gasteiger partial charge >= 0.3 is 5.97 Å². The van der Waals surface area contributed by atoms with Crippen LogP contribution in [0.2, 0.25) is 0 Å². The maximum atomic E-state index is 13.2. The van der Waals surface area contributed by atoms with Crippen molar-refractivity contribution in [3.63, 3.8) is 0 Å². The van der Waals surface area contributed by atoms with Gasteiger partial charge in [-0.2, -0.15) is 4.58 Å². The molecule has 0 saturated heterocycles. The van der Waals surface area contributed by atoms with Gasteiger partial charge in [0.05, 0.1) is 12.3 Å². The van der Waals surface area contributed by atoms with E-state index in [9.17, 15) is 19.5 Å². The Morgan fingerprint density at radius 1 is 1.19 bits per heavy atom. The van der Waals surface area contributed by atoms with Crippen LogP contribution < -0.4 is 10.6 Å². The summed E-state index contributed by atoms with van der Waals surface area (Å²) in [5.41, 5.74) is 2.22. The van der Waals surface area contributed by atoms with Crippen LogP contribution in [0.3, 0.4) is 0 Å². The first-order valence-corrected chi connectivity index (χ1v) is 11.9. The summed E-state index contributed by atoms with van der Waals surface area (Å²) in [4.78, 5) is 36.7. The summed E-state index contributed by atoms with van der Waals surface area (Å²) in [6, 6.07) is 8.14. The lowest BCUT2D eigenvalue weighted by Gasteiger charge is -2.21. The first kappa shape index (κ1) is 24.0. The number of carbonyl (C=O) groups is 3. The maximum Gasteiger partial charge on any atom is 0.304 e. The van der Waals surface area contributed by atoms with Crippen LogP contribution in [-0.4, -0.2) is 46.4 Å². The van der Waals surface area contributed by atoms with Gasteiger partial charge in [0, 0.05) is 36.9 Å². The third-order valence-corrected chi connectivity index (χ3v) is 6.31. The molecule has 1 aromatic rings. The fourth-order valence-corrected chi connectivity index (χ4v) is 4.76. The Hall–Kier alpha value is -2.70. The highest BCUT2D eigenvalue weighted by molar-refractivity contribution is 5.83. The normalized spacial score (nSPS) is 22.5. The van der Waals surface area contributed by atoms with Crippen molar-refractivity contribution < 1.29 is 24.1 Å². The topological polar surface area (TPSA) is 98.5 Å². The van der Waals surface area contributed by atoms with Crippen LogP contribution >= 0.6 is 0 Å². The molecule has 0 aliphatic carbocycles. The molecule has 2 aliphatic rings. The predicted octanol–water partition coefficient (Wildman–Crippen LogP) is 3.55. The highest BCUT2D eigenvalue weighted by atomic mass is 16.4. The molecule has 2 unspecified atom stereocenters. The van der Waals surface area contributed by atoms with Crippen molar-refractivity contribution in [3.05, 3.63) is 29.8 Å². The molecule has 7 nitrogen and oxygen atoms in total. The summed E-state index contributed by atoms with van der Waals surface area (Å²) >= 11 is 0. The van der Waals surface area contributed by atoms with Crippen molar-refractivity contribution >= 4 is 29.7 Å². The van der Waals surface area contributed by atoms with Gasteiger partial charge in [-0.3, -0.25) is 19.7 Å². The molecule has 1 aromatic carbocycles. The molecule has 0 spiro atoms. The molecule has 2 amide bonds. The van der Waals surface area contributed by atoms with Crippen LogP contribution in [0.5, 0.6) is 0 Å². The molecule has 32 heavy (non-hydrogen) atoms. The number of hydrogen-bond donors (Lipinski definition) is 3. The van der Waals surface area contributed by atoms with Crippen molar-refractivity contribution in [3.8, 4) is 0 Å². The molecule has 3 atom stereocenters. The second-order valence-electron chi connectivity index (χ2n) is 9.41. The average molecular weight is 443 g/mol. The van der Waals surface area contributed by atoms with Gasteiger partial charge in [-0.25, -0.2) is 0 Å². The Morgan fingerprint density at radius 2 is 1.97 bits per heavy atom. The lowest BCUT2D eigenvalue weighted by atomic mass is 9.93. The Kier molecular flexibility index (Phi) is 8.42. The van der Waals surface area contributed by atoms with E-state index in [1.165, 1.54) is 5.56 Å². The van der Waals surface area contributed by atoms with E-state index in [0.29, 0.717) is 19.4 Å². The lowest BCUT2D eigenvalue weighted by Crippen LogP contribution is -2.45. The summed E-state index contributed by atoms with van der Waals surface area (Å²) in [6.07, 6.45) is 7.00. The number of rotatable bonds is 6. The van der Waals surface area contributed by atoms with E-state index in [1.54, 1.807) is 0 Å². The Morgan fingerprint density at radius 3 is 2.72 bits per heavy atom. The van der Waals surface area contributed by atoms with Crippen LogP contribution in [0.4, 0.5) is 5.69 Å². The van der Waals surface area contributed by atoms with Gasteiger partial charge in [0.25, 0.3) is 0 Å². The number of carboxylic acid groups (broad SMARTS) is 1. The number of benzene rings is 1. The molecule has 0 fully saturated rings. The number of fused-ring (bicyclic) bond motifs is 4. The summed E-state index contributed by atoms with van der Waals surface area (Å²) in [5.74, 6) is -1.25. The fraction of sp³-hybridized carbons (Fsp3) is 0.600. The number of carboxylic acids is 1. The maximum absolute atomic E-state index is 13.2. The van der Waals surface area contributed by atoms with Gasteiger partial charge in [0.15, 0.2) is 6.21 Å². The largest absolute Gasteiger partial charge is 0.481 e. The van der Waals surface area contributed by atoms with Crippen LogP contribution in [0.15, 0.2) is 24.3 Å². The Bertz CT molecular complexity index is 864. The minimum absolute atomic E-state index is 0.0867. The van der Waals surface area contributed by atoms with Gasteiger partial charge in [-0.05, 0) is 31.6 Å². The van der Waals surface area contributed by atoms with E-state index in [2.05, 4.69) is 33.6 Å². The quantitative estimate of drug-likeness (QED) is 0.587. The molecule has 2 bridgehead atoms. The van der Waals surface area contributed by atoms with E-state index < -0.39 is 11.9 Å². The van der Waals surface area contributed by atoms with E-state index in [4.69, 9.17) is 0 Å². The molecule has 2 heterocycles. The van der Waals surface area contributed by atoms with Crippen molar-refractivity contribution in [2.75, 3.05) is 6.54 Å². The molecule has 3 N–H and O–H groups in total. The predicted molar refractivity (Wildman–Crippen MR) is 123 cm³/mol. The van der Waals surface area contributed by atoms with Gasteiger partial charge in [0.1, 0.15) is 0 Å². The molecule has 0 radical (unpaired) electrons.